The molecular formula is C22H19N2OS+. The second-order valence-corrected chi connectivity index (χ2v) is 6.85. The predicted octanol–water partition coefficient (Wildman–Crippen LogP) is 5.06. The van der Waals surface area contributed by atoms with E-state index in [9.17, 15) is 4.79 Å². The number of hydrogen-bond donors (Lipinski definition) is 0. The van der Waals surface area contributed by atoms with E-state index in [1.54, 1.807) is 0 Å². The summed E-state index contributed by atoms with van der Waals surface area (Å²) in [5.74, 6) is 0. The van der Waals surface area contributed by atoms with Gasteiger partial charge in [0.2, 0.25) is 17.5 Å². The third kappa shape index (κ3) is 3.04. The highest BCUT2D eigenvalue weighted by molar-refractivity contribution is 8.13. The number of fused-ring (bicyclic) bond motifs is 1. The predicted molar refractivity (Wildman–Crippen MR) is 109 cm³/mol. The molecule has 0 aliphatic carbocycles. The van der Waals surface area contributed by atoms with E-state index in [1.165, 1.54) is 11.8 Å². The number of para-hydroxylation sites is 3. The molecule has 26 heavy (non-hydrogen) atoms. The molecule has 3 aromatic rings. The first kappa shape index (κ1) is 16.6. The Hall–Kier alpha value is -2.85. The maximum atomic E-state index is 12.5. The van der Waals surface area contributed by atoms with Gasteiger partial charge in [0.15, 0.2) is 6.21 Å². The smallest absolute Gasteiger partial charge is 0.228 e. The molecule has 0 unspecified atom stereocenters. The second kappa shape index (κ2) is 7.18. The maximum absolute atomic E-state index is 12.5. The quantitative estimate of drug-likeness (QED) is 0.611. The van der Waals surface area contributed by atoms with Gasteiger partial charge in [-0.1, -0.05) is 54.2 Å². The molecule has 0 saturated carbocycles. The highest BCUT2D eigenvalue weighted by Crippen LogP contribution is 2.36. The lowest BCUT2D eigenvalue weighted by Gasteiger charge is -2.29. The Morgan fingerprint density at radius 1 is 0.923 bits per heavy atom. The summed E-state index contributed by atoms with van der Waals surface area (Å²) >= 11 is 1.25. The van der Waals surface area contributed by atoms with Crippen LogP contribution in [0.25, 0.3) is 0 Å². The Kier molecular flexibility index (Phi) is 4.59. The number of carbonyl (C=O) groups is 1. The van der Waals surface area contributed by atoms with E-state index in [0.29, 0.717) is 6.67 Å². The van der Waals surface area contributed by atoms with Crippen molar-refractivity contribution >= 4 is 40.2 Å². The Morgan fingerprint density at radius 2 is 1.62 bits per heavy atom. The van der Waals surface area contributed by atoms with Gasteiger partial charge < -0.3 is 0 Å². The van der Waals surface area contributed by atoms with Crippen molar-refractivity contribution in [3.63, 3.8) is 0 Å². The fourth-order valence-electron chi connectivity index (χ4n) is 3.27. The van der Waals surface area contributed by atoms with Crippen LogP contribution in [0.4, 0.5) is 17.1 Å². The van der Waals surface area contributed by atoms with Gasteiger partial charge in [0, 0.05) is 17.8 Å². The van der Waals surface area contributed by atoms with Crippen LogP contribution in [0.1, 0.15) is 15.9 Å². The molecule has 0 amide bonds. The highest BCUT2D eigenvalue weighted by Gasteiger charge is 2.29. The standard InChI is InChI=1S/C22H19N2OS/c1-26-22(25)20-14-8-9-17-15-23(18-10-4-2-5-11-18)16-24(21(17)20)19-12-6-3-7-13-19/h2-15H,16H2,1H3/q+1. The Balaban J connectivity index is 1.92. The lowest BCUT2D eigenvalue weighted by molar-refractivity contribution is -0.434. The SMILES string of the molecule is CSC(=O)c1cccc2c1N(c1ccccc1)C[N+](c1ccccc1)=C2. The third-order valence-corrected chi connectivity index (χ3v) is 5.08. The van der Waals surface area contributed by atoms with E-state index in [2.05, 4.69) is 46.0 Å². The van der Waals surface area contributed by atoms with Crippen LogP contribution in [0.3, 0.4) is 0 Å². The first-order valence-corrected chi connectivity index (χ1v) is 9.71. The van der Waals surface area contributed by atoms with E-state index < -0.39 is 0 Å². The van der Waals surface area contributed by atoms with Crippen molar-refractivity contribution in [2.24, 2.45) is 0 Å². The molecule has 3 aromatic carbocycles. The van der Waals surface area contributed by atoms with Gasteiger partial charge in [-0.3, -0.25) is 9.69 Å². The van der Waals surface area contributed by atoms with E-state index >= 15 is 0 Å². The number of hydrogen-bond acceptors (Lipinski definition) is 3. The van der Waals surface area contributed by atoms with Gasteiger partial charge in [0.25, 0.3) is 0 Å². The van der Waals surface area contributed by atoms with Gasteiger partial charge in [-0.2, -0.15) is 4.58 Å². The Morgan fingerprint density at radius 3 is 2.31 bits per heavy atom. The molecule has 0 saturated heterocycles. The van der Waals surface area contributed by atoms with Crippen LogP contribution in [-0.4, -0.2) is 28.8 Å². The summed E-state index contributed by atoms with van der Waals surface area (Å²) in [4.78, 5) is 14.7. The number of rotatable bonds is 3. The topological polar surface area (TPSA) is 23.3 Å². The van der Waals surface area contributed by atoms with Crippen molar-refractivity contribution in [2.45, 2.75) is 0 Å². The zero-order chi connectivity index (χ0) is 17.9. The van der Waals surface area contributed by atoms with Gasteiger partial charge in [0.1, 0.15) is 0 Å². The number of benzene rings is 3. The molecule has 0 spiro atoms. The largest absolute Gasteiger partial charge is 0.284 e. The Bertz CT molecular complexity index is 968. The van der Waals surface area contributed by atoms with E-state index in [1.807, 2.05) is 54.8 Å². The summed E-state index contributed by atoms with van der Waals surface area (Å²) in [7, 11) is 0. The molecule has 1 heterocycles. The Labute approximate surface area is 157 Å². The first-order valence-electron chi connectivity index (χ1n) is 8.48. The van der Waals surface area contributed by atoms with Crippen LogP contribution in [-0.2, 0) is 0 Å². The minimum atomic E-state index is 0.0874. The minimum Gasteiger partial charge on any atom is -0.284 e. The lowest BCUT2D eigenvalue weighted by Crippen LogP contribution is -2.33. The zero-order valence-corrected chi connectivity index (χ0v) is 15.3. The first-order chi connectivity index (χ1) is 12.8. The summed E-state index contributed by atoms with van der Waals surface area (Å²) < 4.78 is 2.21. The van der Waals surface area contributed by atoms with Crippen molar-refractivity contribution in [3.8, 4) is 0 Å². The van der Waals surface area contributed by atoms with Gasteiger partial charge in [-0.05, 0) is 30.5 Å². The van der Waals surface area contributed by atoms with E-state index in [-0.39, 0.29) is 5.12 Å². The van der Waals surface area contributed by atoms with Gasteiger partial charge in [-0.25, -0.2) is 0 Å². The minimum absolute atomic E-state index is 0.0874. The molecule has 3 nitrogen and oxygen atoms in total. The molecule has 0 bridgehead atoms. The second-order valence-electron chi connectivity index (χ2n) is 6.07. The molecule has 4 rings (SSSR count). The average molecular weight is 359 g/mol. The third-order valence-electron chi connectivity index (χ3n) is 4.49. The van der Waals surface area contributed by atoms with Crippen molar-refractivity contribution in [1.82, 2.24) is 0 Å². The summed E-state index contributed by atoms with van der Waals surface area (Å²) in [6, 6.07) is 26.5. The van der Waals surface area contributed by atoms with E-state index in [0.717, 1.165) is 28.2 Å². The lowest BCUT2D eigenvalue weighted by atomic mass is 10.0. The maximum Gasteiger partial charge on any atom is 0.228 e. The molecule has 4 heteroatoms. The molecule has 0 radical (unpaired) electrons. The van der Waals surface area contributed by atoms with Crippen LogP contribution in [0.5, 0.6) is 0 Å². The number of anilines is 2. The van der Waals surface area contributed by atoms with Crippen molar-refractivity contribution < 1.29 is 9.37 Å². The summed E-state index contributed by atoms with van der Waals surface area (Å²) in [6.07, 6.45) is 3.96. The van der Waals surface area contributed by atoms with Gasteiger partial charge >= 0.3 is 0 Å². The van der Waals surface area contributed by atoms with Crippen molar-refractivity contribution in [3.05, 3.63) is 90.0 Å². The number of thioether (sulfide) groups is 1. The molecule has 1 aliphatic rings. The molecule has 1 aliphatic heterocycles. The van der Waals surface area contributed by atoms with Crippen molar-refractivity contribution in [1.29, 1.82) is 0 Å². The van der Waals surface area contributed by atoms with Gasteiger partial charge in [0.05, 0.1) is 16.8 Å². The summed E-state index contributed by atoms with van der Waals surface area (Å²) in [5, 5.41) is 0.0874. The van der Waals surface area contributed by atoms with Crippen LogP contribution in [0, 0.1) is 0 Å². The summed E-state index contributed by atoms with van der Waals surface area (Å²) in [5.41, 5.74) is 4.97. The number of nitrogens with zero attached hydrogens (tertiary/aromatic N) is 2. The van der Waals surface area contributed by atoms with Crippen molar-refractivity contribution in [2.75, 3.05) is 17.8 Å². The fraction of sp³-hybridized carbons (Fsp3) is 0.0909. The average Bonchev–Trinajstić information content (AvgIpc) is 2.73. The van der Waals surface area contributed by atoms with Crippen LogP contribution in [0.15, 0.2) is 78.9 Å². The molecule has 128 valence electrons. The molecule has 0 atom stereocenters. The molecule has 0 N–H and O–H groups in total. The van der Waals surface area contributed by atoms with Crippen LogP contribution in [0.2, 0.25) is 0 Å². The number of carbonyl (C=O) groups excluding carboxylic acids is 1. The monoisotopic (exact) mass is 359 g/mol. The summed E-state index contributed by atoms with van der Waals surface area (Å²) in [6.45, 7) is 0.652. The van der Waals surface area contributed by atoms with Crippen LogP contribution < -0.4 is 4.90 Å². The molecule has 0 fully saturated rings. The fourth-order valence-corrected chi connectivity index (χ4v) is 3.65. The molecule has 0 aromatic heterocycles. The van der Waals surface area contributed by atoms with Gasteiger partial charge in [-0.15, -0.1) is 0 Å². The highest BCUT2D eigenvalue weighted by atomic mass is 32.2. The van der Waals surface area contributed by atoms with E-state index in [4.69, 9.17) is 0 Å². The van der Waals surface area contributed by atoms with Crippen LogP contribution >= 0.6 is 11.8 Å². The normalized spacial score (nSPS) is 13.1. The molecular weight excluding hydrogens is 340 g/mol. The zero-order valence-electron chi connectivity index (χ0n) is 14.5.